The zero-order valence-electron chi connectivity index (χ0n) is 9.43. The summed E-state index contributed by atoms with van der Waals surface area (Å²) in [5, 5.41) is 10.7. The molecule has 1 aromatic rings. The van der Waals surface area contributed by atoms with Crippen LogP contribution in [0.1, 0.15) is 5.56 Å². The Morgan fingerprint density at radius 3 is 2.50 bits per heavy atom. The predicted octanol–water partition coefficient (Wildman–Crippen LogP) is 0.464. The molecule has 98 valence electrons. The van der Waals surface area contributed by atoms with Crippen LogP contribution < -0.4 is 11.1 Å². The minimum atomic E-state index is -1.24. The fourth-order valence-corrected chi connectivity index (χ4v) is 1.13. The molecule has 1 amide bonds. The van der Waals surface area contributed by atoms with Crippen molar-refractivity contribution in [2.24, 2.45) is 5.73 Å². The molecular weight excluding hydrogens is 243 g/mol. The van der Waals surface area contributed by atoms with Gasteiger partial charge in [0.1, 0.15) is 18.5 Å². The number of nitrogens with two attached hydrogens (primary N) is 1. The number of rotatable bonds is 5. The quantitative estimate of drug-likeness (QED) is 0.710. The number of alkyl carbamates (subject to hydrolysis) is 1. The van der Waals surface area contributed by atoms with Crippen molar-refractivity contribution in [3.05, 3.63) is 35.6 Å². The molecule has 0 saturated heterocycles. The SMILES string of the molecule is NCC(NC(=O)OCc1ccc(F)cc1)C(=O)O. The third-order valence-electron chi connectivity index (χ3n) is 2.11. The van der Waals surface area contributed by atoms with Crippen molar-refractivity contribution in [3.63, 3.8) is 0 Å². The lowest BCUT2D eigenvalue weighted by atomic mass is 10.2. The van der Waals surface area contributed by atoms with Gasteiger partial charge in [-0.25, -0.2) is 14.0 Å². The van der Waals surface area contributed by atoms with Gasteiger partial charge in [0.05, 0.1) is 0 Å². The first-order chi connectivity index (χ1) is 8.52. The molecule has 0 bridgehead atoms. The number of benzene rings is 1. The summed E-state index contributed by atoms with van der Waals surface area (Å²) in [6.45, 7) is -0.315. The van der Waals surface area contributed by atoms with Gasteiger partial charge in [-0.2, -0.15) is 0 Å². The molecule has 0 saturated carbocycles. The van der Waals surface area contributed by atoms with E-state index in [4.69, 9.17) is 15.6 Å². The first-order valence-corrected chi connectivity index (χ1v) is 5.13. The molecule has 4 N–H and O–H groups in total. The van der Waals surface area contributed by atoms with Gasteiger partial charge < -0.3 is 20.9 Å². The molecule has 0 aliphatic rings. The molecule has 0 heterocycles. The second kappa shape index (κ2) is 6.55. The number of carbonyl (C=O) groups is 2. The summed E-state index contributed by atoms with van der Waals surface area (Å²) in [7, 11) is 0. The summed E-state index contributed by atoms with van der Waals surface area (Å²) < 4.78 is 17.4. The smallest absolute Gasteiger partial charge is 0.408 e. The topological polar surface area (TPSA) is 102 Å². The fourth-order valence-electron chi connectivity index (χ4n) is 1.13. The third kappa shape index (κ3) is 4.38. The minimum absolute atomic E-state index is 0.0803. The molecule has 0 spiro atoms. The predicted molar refractivity (Wildman–Crippen MR) is 60.2 cm³/mol. The van der Waals surface area contributed by atoms with E-state index in [1.165, 1.54) is 24.3 Å². The Labute approximate surface area is 103 Å². The molecule has 18 heavy (non-hydrogen) atoms. The van der Waals surface area contributed by atoms with E-state index in [1.54, 1.807) is 0 Å². The maximum absolute atomic E-state index is 12.6. The van der Waals surface area contributed by atoms with Crippen molar-refractivity contribution < 1.29 is 23.8 Å². The van der Waals surface area contributed by atoms with Gasteiger partial charge in [0.25, 0.3) is 0 Å². The number of hydrogen-bond acceptors (Lipinski definition) is 4. The molecule has 0 aliphatic carbocycles. The minimum Gasteiger partial charge on any atom is -0.480 e. The van der Waals surface area contributed by atoms with Gasteiger partial charge in [-0.05, 0) is 17.7 Å². The van der Waals surface area contributed by atoms with Crippen LogP contribution in [0.4, 0.5) is 9.18 Å². The largest absolute Gasteiger partial charge is 0.480 e. The molecule has 0 radical (unpaired) electrons. The molecule has 7 heteroatoms. The van der Waals surface area contributed by atoms with Crippen molar-refractivity contribution in [2.75, 3.05) is 6.54 Å². The zero-order valence-corrected chi connectivity index (χ0v) is 9.43. The number of ether oxygens (including phenoxy) is 1. The van der Waals surface area contributed by atoms with E-state index in [2.05, 4.69) is 5.32 Å². The number of carboxylic acid groups (broad SMARTS) is 1. The van der Waals surface area contributed by atoms with Crippen LogP contribution in [0, 0.1) is 5.82 Å². The summed E-state index contributed by atoms with van der Waals surface area (Å²) in [4.78, 5) is 21.8. The standard InChI is InChI=1S/C11H13FN2O4/c12-8-3-1-7(2-4-8)6-18-11(17)14-9(5-13)10(15)16/h1-4,9H,5-6,13H2,(H,14,17)(H,15,16). The zero-order chi connectivity index (χ0) is 13.5. The Morgan fingerprint density at radius 2 is 2.00 bits per heavy atom. The van der Waals surface area contributed by atoms with E-state index in [1.807, 2.05) is 0 Å². The van der Waals surface area contributed by atoms with E-state index >= 15 is 0 Å². The molecule has 6 nitrogen and oxygen atoms in total. The lowest BCUT2D eigenvalue weighted by Gasteiger charge is -2.12. The molecule has 1 rings (SSSR count). The average Bonchev–Trinajstić information content (AvgIpc) is 2.35. The lowest BCUT2D eigenvalue weighted by Crippen LogP contribution is -2.45. The Morgan fingerprint density at radius 1 is 1.39 bits per heavy atom. The maximum Gasteiger partial charge on any atom is 0.408 e. The van der Waals surface area contributed by atoms with Gasteiger partial charge in [0.15, 0.2) is 0 Å². The Balaban J connectivity index is 2.41. The molecule has 0 aromatic heterocycles. The Hall–Kier alpha value is -2.15. The lowest BCUT2D eigenvalue weighted by molar-refractivity contribution is -0.139. The van der Waals surface area contributed by atoms with E-state index in [-0.39, 0.29) is 13.2 Å². The summed E-state index contributed by atoms with van der Waals surface area (Å²) in [6, 6.07) is 4.19. The van der Waals surface area contributed by atoms with Gasteiger partial charge >= 0.3 is 12.1 Å². The van der Waals surface area contributed by atoms with E-state index in [9.17, 15) is 14.0 Å². The van der Waals surface area contributed by atoms with Gasteiger partial charge in [-0.1, -0.05) is 12.1 Å². The number of amides is 1. The number of hydrogen-bond donors (Lipinski definition) is 3. The second-order valence-electron chi connectivity index (χ2n) is 3.47. The summed E-state index contributed by atoms with van der Waals surface area (Å²) in [5.74, 6) is -1.63. The van der Waals surface area contributed by atoms with Crippen molar-refractivity contribution in [3.8, 4) is 0 Å². The molecule has 0 aliphatic heterocycles. The summed E-state index contributed by atoms with van der Waals surface area (Å²) >= 11 is 0. The normalized spacial score (nSPS) is 11.7. The van der Waals surface area contributed by atoms with Crippen LogP contribution in [0.2, 0.25) is 0 Å². The van der Waals surface area contributed by atoms with Crippen molar-refractivity contribution in [1.29, 1.82) is 0 Å². The van der Waals surface area contributed by atoms with Crippen LogP contribution in [0.15, 0.2) is 24.3 Å². The van der Waals surface area contributed by atoms with Crippen LogP contribution in [0.3, 0.4) is 0 Å². The first-order valence-electron chi connectivity index (χ1n) is 5.13. The molecule has 1 atom stereocenters. The highest BCUT2D eigenvalue weighted by Crippen LogP contribution is 2.04. The van der Waals surface area contributed by atoms with Crippen LogP contribution in [0.5, 0.6) is 0 Å². The van der Waals surface area contributed by atoms with E-state index in [0.29, 0.717) is 5.56 Å². The molecule has 0 fully saturated rings. The van der Waals surface area contributed by atoms with Crippen LogP contribution in [-0.2, 0) is 16.1 Å². The number of carboxylic acids is 1. The first kappa shape index (κ1) is 13.9. The average molecular weight is 256 g/mol. The highest BCUT2D eigenvalue weighted by molar-refractivity contribution is 5.80. The highest BCUT2D eigenvalue weighted by Gasteiger charge is 2.18. The monoisotopic (exact) mass is 256 g/mol. The van der Waals surface area contributed by atoms with Crippen LogP contribution in [-0.4, -0.2) is 29.8 Å². The van der Waals surface area contributed by atoms with E-state index < -0.39 is 23.9 Å². The Bertz CT molecular complexity index is 422. The van der Waals surface area contributed by atoms with Gasteiger partial charge in [-0.15, -0.1) is 0 Å². The van der Waals surface area contributed by atoms with Gasteiger partial charge in [0.2, 0.25) is 0 Å². The van der Waals surface area contributed by atoms with Crippen molar-refractivity contribution in [2.45, 2.75) is 12.6 Å². The van der Waals surface area contributed by atoms with Crippen LogP contribution in [0.25, 0.3) is 0 Å². The summed E-state index contributed by atoms with van der Waals surface area (Å²) in [5.41, 5.74) is 5.74. The number of carbonyl (C=O) groups excluding carboxylic acids is 1. The highest BCUT2D eigenvalue weighted by atomic mass is 19.1. The third-order valence-corrected chi connectivity index (χ3v) is 2.11. The molecule has 1 unspecified atom stereocenters. The fraction of sp³-hybridized carbons (Fsp3) is 0.273. The summed E-state index contributed by atoms with van der Waals surface area (Å²) in [6.07, 6.45) is -0.892. The maximum atomic E-state index is 12.6. The van der Waals surface area contributed by atoms with Gasteiger partial charge in [-0.3, -0.25) is 0 Å². The molecule has 1 aromatic carbocycles. The number of aliphatic carboxylic acids is 1. The van der Waals surface area contributed by atoms with Gasteiger partial charge in [0, 0.05) is 6.54 Å². The number of halogens is 1. The van der Waals surface area contributed by atoms with Crippen LogP contribution >= 0.6 is 0 Å². The van der Waals surface area contributed by atoms with Crippen molar-refractivity contribution in [1.82, 2.24) is 5.32 Å². The molecular formula is C11H13FN2O4. The van der Waals surface area contributed by atoms with E-state index in [0.717, 1.165) is 0 Å². The Kier molecular flexibility index (Phi) is 5.06. The van der Waals surface area contributed by atoms with Crippen molar-refractivity contribution >= 4 is 12.1 Å². The number of nitrogens with one attached hydrogen (secondary N) is 1. The second-order valence-corrected chi connectivity index (χ2v) is 3.47.